The fourth-order valence-electron chi connectivity index (χ4n) is 1.69. The highest BCUT2D eigenvalue weighted by atomic mass is 79.9. The number of benzene rings is 2. The maximum absolute atomic E-state index is 12.2. The smallest absolute Gasteiger partial charge is 0.255 e. The predicted octanol–water partition coefficient (Wildman–Crippen LogP) is 3.76. The van der Waals surface area contributed by atoms with Crippen LogP contribution in [0.15, 0.2) is 51.8 Å². The second kappa shape index (κ2) is 6.17. The largest absolute Gasteiger partial charge is 0.321 e. The first kappa shape index (κ1) is 16.0. The van der Waals surface area contributed by atoms with Gasteiger partial charge in [0.05, 0.1) is 15.6 Å². The molecule has 1 amide bonds. The van der Waals surface area contributed by atoms with E-state index in [1.807, 2.05) is 6.07 Å². The molecular formula is C14H11BrClNO3S. The molecular weight excluding hydrogens is 378 g/mol. The Labute approximate surface area is 136 Å². The SMILES string of the molecule is CS(=O)(=O)c1cc(C(=O)Nc2ccccc2Br)ccc1Cl. The summed E-state index contributed by atoms with van der Waals surface area (Å²) >= 11 is 9.18. The lowest BCUT2D eigenvalue weighted by Crippen LogP contribution is -2.13. The number of anilines is 1. The molecule has 0 aliphatic carbocycles. The summed E-state index contributed by atoms with van der Waals surface area (Å²) in [6.45, 7) is 0. The van der Waals surface area contributed by atoms with E-state index < -0.39 is 15.7 Å². The van der Waals surface area contributed by atoms with Crippen molar-refractivity contribution in [3.8, 4) is 0 Å². The zero-order valence-electron chi connectivity index (χ0n) is 10.9. The normalized spacial score (nSPS) is 11.2. The molecule has 2 rings (SSSR count). The van der Waals surface area contributed by atoms with Gasteiger partial charge in [-0.3, -0.25) is 4.79 Å². The summed E-state index contributed by atoms with van der Waals surface area (Å²) in [5, 5.41) is 2.79. The van der Waals surface area contributed by atoms with Crippen LogP contribution in [-0.2, 0) is 9.84 Å². The van der Waals surface area contributed by atoms with Gasteiger partial charge in [0.2, 0.25) is 0 Å². The molecule has 0 radical (unpaired) electrons. The van der Waals surface area contributed by atoms with Crippen LogP contribution in [-0.4, -0.2) is 20.6 Å². The molecule has 0 saturated heterocycles. The topological polar surface area (TPSA) is 63.2 Å². The minimum Gasteiger partial charge on any atom is -0.321 e. The molecule has 2 aromatic carbocycles. The highest BCUT2D eigenvalue weighted by molar-refractivity contribution is 9.10. The third kappa shape index (κ3) is 3.84. The zero-order valence-corrected chi connectivity index (χ0v) is 14.1. The number of nitrogens with one attached hydrogen (secondary N) is 1. The summed E-state index contributed by atoms with van der Waals surface area (Å²) in [5.41, 5.74) is 0.814. The fraction of sp³-hybridized carbons (Fsp3) is 0.0714. The number of amides is 1. The van der Waals surface area contributed by atoms with Crippen molar-refractivity contribution in [1.82, 2.24) is 0 Å². The molecule has 0 aliphatic heterocycles. The summed E-state index contributed by atoms with van der Waals surface area (Å²) < 4.78 is 24.0. The molecule has 7 heteroatoms. The molecule has 0 bridgehead atoms. The van der Waals surface area contributed by atoms with Crippen molar-refractivity contribution in [3.05, 3.63) is 57.5 Å². The Balaban J connectivity index is 2.35. The molecule has 0 fully saturated rings. The lowest BCUT2D eigenvalue weighted by atomic mass is 10.2. The summed E-state index contributed by atoms with van der Waals surface area (Å²) in [6, 6.07) is 11.3. The third-order valence-corrected chi connectivity index (χ3v) is 4.98. The average molecular weight is 389 g/mol. The van der Waals surface area contributed by atoms with Gasteiger partial charge in [-0.05, 0) is 46.3 Å². The standard InChI is InChI=1S/C14H11BrClNO3S/c1-21(19,20)13-8-9(6-7-11(13)16)14(18)17-12-5-3-2-4-10(12)15/h2-8H,1H3,(H,17,18). The molecule has 0 saturated carbocycles. The summed E-state index contributed by atoms with van der Waals surface area (Å²) in [4.78, 5) is 12.1. The number of sulfone groups is 1. The molecule has 0 unspecified atom stereocenters. The Morgan fingerprint density at radius 3 is 2.48 bits per heavy atom. The predicted molar refractivity (Wildman–Crippen MR) is 86.7 cm³/mol. The lowest BCUT2D eigenvalue weighted by Gasteiger charge is -2.09. The molecule has 110 valence electrons. The van der Waals surface area contributed by atoms with Crippen LogP contribution in [0.3, 0.4) is 0 Å². The molecule has 21 heavy (non-hydrogen) atoms. The molecule has 1 N–H and O–H groups in total. The summed E-state index contributed by atoms with van der Waals surface area (Å²) in [5.74, 6) is -0.413. The number of hydrogen-bond donors (Lipinski definition) is 1. The van der Waals surface area contributed by atoms with Gasteiger partial charge < -0.3 is 5.32 Å². The minimum atomic E-state index is -3.49. The van der Waals surface area contributed by atoms with Gasteiger partial charge in [0, 0.05) is 16.3 Å². The number of carbonyl (C=O) groups excluding carboxylic acids is 1. The van der Waals surface area contributed by atoms with E-state index in [1.54, 1.807) is 18.2 Å². The first-order chi connectivity index (χ1) is 9.79. The van der Waals surface area contributed by atoms with E-state index >= 15 is 0 Å². The number of carbonyl (C=O) groups is 1. The Kier molecular flexibility index (Phi) is 4.70. The molecule has 0 atom stereocenters. The van der Waals surface area contributed by atoms with Crippen molar-refractivity contribution in [2.45, 2.75) is 4.90 Å². The average Bonchev–Trinajstić information content (AvgIpc) is 2.40. The van der Waals surface area contributed by atoms with Crippen molar-refractivity contribution in [1.29, 1.82) is 0 Å². The Bertz CT molecular complexity index is 806. The number of halogens is 2. The van der Waals surface area contributed by atoms with Gasteiger partial charge in [-0.2, -0.15) is 0 Å². The number of hydrogen-bond acceptors (Lipinski definition) is 3. The van der Waals surface area contributed by atoms with Crippen molar-refractivity contribution in [2.24, 2.45) is 0 Å². The van der Waals surface area contributed by atoms with E-state index in [0.717, 1.165) is 10.7 Å². The molecule has 0 aromatic heterocycles. The number of para-hydroxylation sites is 1. The molecule has 0 heterocycles. The van der Waals surface area contributed by atoms with Gasteiger partial charge in [-0.25, -0.2) is 8.42 Å². The van der Waals surface area contributed by atoms with Crippen LogP contribution in [0, 0.1) is 0 Å². The first-order valence-electron chi connectivity index (χ1n) is 5.84. The van der Waals surface area contributed by atoms with E-state index in [2.05, 4.69) is 21.2 Å². The maximum atomic E-state index is 12.2. The Morgan fingerprint density at radius 1 is 1.19 bits per heavy atom. The summed E-state index contributed by atoms with van der Waals surface area (Å²) in [7, 11) is -3.49. The molecule has 4 nitrogen and oxygen atoms in total. The van der Waals surface area contributed by atoms with E-state index in [1.165, 1.54) is 18.2 Å². The van der Waals surface area contributed by atoms with Crippen molar-refractivity contribution < 1.29 is 13.2 Å². The van der Waals surface area contributed by atoms with Crippen LogP contribution in [0.5, 0.6) is 0 Å². The van der Waals surface area contributed by atoms with E-state index in [4.69, 9.17) is 11.6 Å². The highest BCUT2D eigenvalue weighted by Crippen LogP contribution is 2.25. The van der Waals surface area contributed by atoms with Gasteiger partial charge in [0.15, 0.2) is 9.84 Å². The van der Waals surface area contributed by atoms with E-state index in [9.17, 15) is 13.2 Å². The van der Waals surface area contributed by atoms with Gasteiger partial charge in [0.1, 0.15) is 0 Å². The first-order valence-corrected chi connectivity index (χ1v) is 8.91. The van der Waals surface area contributed by atoms with E-state index in [0.29, 0.717) is 5.69 Å². The molecule has 2 aromatic rings. The van der Waals surface area contributed by atoms with Gasteiger partial charge in [-0.15, -0.1) is 0 Å². The van der Waals surface area contributed by atoms with Crippen molar-refractivity contribution in [3.63, 3.8) is 0 Å². The maximum Gasteiger partial charge on any atom is 0.255 e. The van der Waals surface area contributed by atoms with Crippen molar-refractivity contribution >= 4 is 49.0 Å². The highest BCUT2D eigenvalue weighted by Gasteiger charge is 2.16. The van der Waals surface area contributed by atoms with E-state index in [-0.39, 0.29) is 15.5 Å². The third-order valence-electron chi connectivity index (χ3n) is 2.71. The fourth-order valence-corrected chi connectivity index (χ4v) is 3.37. The minimum absolute atomic E-state index is 0.0658. The van der Waals surface area contributed by atoms with Crippen LogP contribution >= 0.6 is 27.5 Å². The monoisotopic (exact) mass is 387 g/mol. The second-order valence-corrected chi connectivity index (χ2v) is 7.60. The Morgan fingerprint density at radius 2 is 1.86 bits per heavy atom. The zero-order chi connectivity index (χ0) is 15.6. The van der Waals surface area contributed by atoms with Gasteiger partial charge >= 0.3 is 0 Å². The van der Waals surface area contributed by atoms with Crippen LogP contribution < -0.4 is 5.32 Å². The number of rotatable bonds is 3. The van der Waals surface area contributed by atoms with Gasteiger partial charge in [-0.1, -0.05) is 23.7 Å². The molecule has 0 spiro atoms. The molecule has 0 aliphatic rings. The van der Waals surface area contributed by atoms with Gasteiger partial charge in [0.25, 0.3) is 5.91 Å². The van der Waals surface area contributed by atoms with Crippen molar-refractivity contribution in [2.75, 3.05) is 11.6 Å². The second-order valence-electron chi connectivity index (χ2n) is 4.35. The Hall–Kier alpha value is -1.37. The van der Waals surface area contributed by atoms with Crippen LogP contribution in [0.1, 0.15) is 10.4 Å². The van der Waals surface area contributed by atoms with Crippen LogP contribution in [0.2, 0.25) is 5.02 Å². The quantitative estimate of drug-likeness (QED) is 0.871. The lowest BCUT2D eigenvalue weighted by molar-refractivity contribution is 0.102. The van der Waals surface area contributed by atoms with Crippen LogP contribution in [0.25, 0.3) is 0 Å². The van der Waals surface area contributed by atoms with Crippen LogP contribution in [0.4, 0.5) is 5.69 Å². The summed E-state index contributed by atoms with van der Waals surface area (Å²) in [6.07, 6.45) is 1.05.